The van der Waals surface area contributed by atoms with Crippen molar-refractivity contribution in [2.24, 2.45) is 5.92 Å². The SMILES string of the molecule is CCN1CCC(NCC(O)Cc2ccccc2)C(C)C1. The van der Waals surface area contributed by atoms with Crippen LogP contribution in [0.1, 0.15) is 25.8 Å². The van der Waals surface area contributed by atoms with Gasteiger partial charge in [-0.25, -0.2) is 0 Å². The highest BCUT2D eigenvalue weighted by molar-refractivity contribution is 5.15. The van der Waals surface area contributed by atoms with Crippen molar-refractivity contribution < 1.29 is 5.11 Å². The van der Waals surface area contributed by atoms with Crippen LogP contribution in [0.25, 0.3) is 0 Å². The van der Waals surface area contributed by atoms with E-state index in [9.17, 15) is 5.11 Å². The summed E-state index contributed by atoms with van der Waals surface area (Å²) in [5.74, 6) is 0.660. The van der Waals surface area contributed by atoms with Gasteiger partial charge in [0.05, 0.1) is 6.10 Å². The van der Waals surface area contributed by atoms with Gasteiger partial charge in [-0.2, -0.15) is 0 Å². The lowest BCUT2D eigenvalue weighted by Crippen LogP contribution is -2.49. The van der Waals surface area contributed by atoms with E-state index in [1.54, 1.807) is 0 Å². The van der Waals surface area contributed by atoms with Crippen molar-refractivity contribution in [3.8, 4) is 0 Å². The Bertz CT molecular complexity index is 382. The van der Waals surface area contributed by atoms with Crippen LogP contribution in [0.5, 0.6) is 0 Å². The van der Waals surface area contributed by atoms with E-state index in [4.69, 9.17) is 0 Å². The quantitative estimate of drug-likeness (QED) is 0.833. The first-order chi connectivity index (χ1) is 9.69. The summed E-state index contributed by atoms with van der Waals surface area (Å²) >= 11 is 0. The Balaban J connectivity index is 1.72. The summed E-state index contributed by atoms with van der Waals surface area (Å²) in [6.45, 7) is 8.72. The van der Waals surface area contributed by atoms with Crippen LogP contribution >= 0.6 is 0 Å². The maximum absolute atomic E-state index is 10.1. The van der Waals surface area contributed by atoms with E-state index >= 15 is 0 Å². The zero-order chi connectivity index (χ0) is 14.4. The zero-order valence-corrected chi connectivity index (χ0v) is 12.8. The van der Waals surface area contributed by atoms with Crippen LogP contribution in [0.4, 0.5) is 0 Å². The van der Waals surface area contributed by atoms with Gasteiger partial charge < -0.3 is 15.3 Å². The van der Waals surface area contributed by atoms with E-state index < -0.39 is 0 Å². The maximum atomic E-state index is 10.1. The number of benzene rings is 1. The van der Waals surface area contributed by atoms with Gasteiger partial charge in [0, 0.05) is 19.1 Å². The van der Waals surface area contributed by atoms with Crippen LogP contribution in [0, 0.1) is 5.92 Å². The smallest absolute Gasteiger partial charge is 0.0704 e. The van der Waals surface area contributed by atoms with E-state index in [0.717, 1.165) is 13.0 Å². The van der Waals surface area contributed by atoms with Gasteiger partial charge in [-0.05, 0) is 37.4 Å². The van der Waals surface area contributed by atoms with Crippen molar-refractivity contribution in [2.45, 2.75) is 38.8 Å². The first-order valence-electron chi connectivity index (χ1n) is 7.86. The number of hydrogen-bond donors (Lipinski definition) is 2. The summed E-state index contributed by atoms with van der Waals surface area (Å²) < 4.78 is 0. The molecule has 1 aromatic carbocycles. The summed E-state index contributed by atoms with van der Waals surface area (Å²) in [4.78, 5) is 2.50. The lowest BCUT2D eigenvalue weighted by atomic mass is 9.93. The Morgan fingerprint density at radius 2 is 2.10 bits per heavy atom. The van der Waals surface area contributed by atoms with E-state index in [0.29, 0.717) is 18.5 Å². The minimum atomic E-state index is -0.297. The number of hydrogen-bond acceptors (Lipinski definition) is 3. The van der Waals surface area contributed by atoms with E-state index in [1.165, 1.54) is 25.1 Å². The molecular formula is C17H28N2O. The second-order valence-corrected chi connectivity index (χ2v) is 6.02. The molecule has 1 saturated heterocycles. The van der Waals surface area contributed by atoms with Gasteiger partial charge in [-0.15, -0.1) is 0 Å². The summed E-state index contributed by atoms with van der Waals surface area (Å²) in [6, 6.07) is 10.8. The molecule has 3 atom stereocenters. The normalized spacial score (nSPS) is 25.6. The summed E-state index contributed by atoms with van der Waals surface area (Å²) in [5, 5.41) is 13.7. The maximum Gasteiger partial charge on any atom is 0.0704 e. The molecule has 0 aliphatic carbocycles. The molecular weight excluding hydrogens is 248 g/mol. The molecule has 112 valence electrons. The van der Waals surface area contributed by atoms with Crippen molar-refractivity contribution >= 4 is 0 Å². The number of rotatable bonds is 6. The molecule has 0 saturated carbocycles. The van der Waals surface area contributed by atoms with Crippen molar-refractivity contribution in [1.29, 1.82) is 0 Å². The highest BCUT2D eigenvalue weighted by Gasteiger charge is 2.25. The molecule has 3 nitrogen and oxygen atoms in total. The first-order valence-corrected chi connectivity index (χ1v) is 7.86. The molecule has 0 aromatic heterocycles. The van der Waals surface area contributed by atoms with Crippen LogP contribution in [0.2, 0.25) is 0 Å². The standard InChI is InChI=1S/C17H28N2O/c1-3-19-10-9-17(14(2)13-19)18-12-16(20)11-15-7-5-4-6-8-15/h4-8,14,16-18,20H,3,9-13H2,1-2H3. The molecule has 1 heterocycles. The topological polar surface area (TPSA) is 35.5 Å². The van der Waals surface area contributed by atoms with Gasteiger partial charge in [-0.3, -0.25) is 0 Å². The van der Waals surface area contributed by atoms with Crippen LogP contribution in [0.3, 0.4) is 0 Å². The van der Waals surface area contributed by atoms with Gasteiger partial charge in [0.2, 0.25) is 0 Å². The first kappa shape index (κ1) is 15.5. The molecule has 2 rings (SSSR count). The summed E-state index contributed by atoms with van der Waals surface area (Å²) in [6.07, 6.45) is 1.62. The van der Waals surface area contributed by atoms with Crippen molar-refractivity contribution in [3.05, 3.63) is 35.9 Å². The molecule has 0 bridgehead atoms. The average Bonchev–Trinajstić information content (AvgIpc) is 2.47. The Labute approximate surface area is 123 Å². The summed E-state index contributed by atoms with van der Waals surface area (Å²) in [7, 11) is 0. The molecule has 3 heteroatoms. The van der Waals surface area contributed by atoms with Crippen LogP contribution < -0.4 is 5.32 Å². The lowest BCUT2D eigenvalue weighted by molar-refractivity contribution is 0.127. The Morgan fingerprint density at radius 1 is 1.35 bits per heavy atom. The van der Waals surface area contributed by atoms with Crippen LogP contribution in [-0.4, -0.2) is 48.3 Å². The fourth-order valence-electron chi connectivity index (χ4n) is 3.07. The van der Waals surface area contributed by atoms with E-state index in [-0.39, 0.29) is 6.10 Å². The minimum Gasteiger partial charge on any atom is -0.391 e. The highest BCUT2D eigenvalue weighted by Crippen LogP contribution is 2.16. The fourth-order valence-corrected chi connectivity index (χ4v) is 3.07. The number of likely N-dealkylation sites (tertiary alicyclic amines) is 1. The lowest BCUT2D eigenvalue weighted by Gasteiger charge is -2.37. The Kier molecular flexibility index (Phi) is 6.02. The zero-order valence-electron chi connectivity index (χ0n) is 12.8. The molecule has 20 heavy (non-hydrogen) atoms. The third-order valence-electron chi connectivity index (χ3n) is 4.37. The molecule has 1 aliphatic heterocycles. The largest absolute Gasteiger partial charge is 0.391 e. The van der Waals surface area contributed by atoms with Gasteiger partial charge in [0.1, 0.15) is 0 Å². The number of nitrogens with one attached hydrogen (secondary N) is 1. The molecule has 0 spiro atoms. The third kappa shape index (κ3) is 4.58. The molecule has 1 aliphatic rings. The van der Waals surface area contributed by atoms with E-state index in [2.05, 4.69) is 36.2 Å². The van der Waals surface area contributed by atoms with E-state index in [1.807, 2.05) is 18.2 Å². The average molecular weight is 276 g/mol. The minimum absolute atomic E-state index is 0.297. The van der Waals surface area contributed by atoms with Gasteiger partial charge in [0.15, 0.2) is 0 Å². The predicted octanol–water partition coefficient (Wildman–Crippen LogP) is 1.91. The van der Waals surface area contributed by atoms with Gasteiger partial charge in [-0.1, -0.05) is 44.2 Å². The fraction of sp³-hybridized carbons (Fsp3) is 0.647. The number of nitrogens with zero attached hydrogens (tertiary/aromatic N) is 1. The second kappa shape index (κ2) is 7.77. The van der Waals surface area contributed by atoms with Crippen LogP contribution in [-0.2, 0) is 6.42 Å². The molecule has 2 N–H and O–H groups in total. The molecule has 1 aromatic rings. The van der Waals surface area contributed by atoms with Crippen molar-refractivity contribution in [2.75, 3.05) is 26.2 Å². The number of aliphatic hydroxyl groups is 1. The Hall–Kier alpha value is -0.900. The number of aliphatic hydroxyl groups excluding tert-OH is 1. The van der Waals surface area contributed by atoms with Crippen molar-refractivity contribution in [1.82, 2.24) is 10.2 Å². The van der Waals surface area contributed by atoms with Gasteiger partial charge >= 0.3 is 0 Å². The molecule has 3 unspecified atom stereocenters. The molecule has 0 amide bonds. The monoisotopic (exact) mass is 276 g/mol. The highest BCUT2D eigenvalue weighted by atomic mass is 16.3. The van der Waals surface area contributed by atoms with Gasteiger partial charge in [0.25, 0.3) is 0 Å². The predicted molar refractivity (Wildman–Crippen MR) is 83.8 cm³/mol. The second-order valence-electron chi connectivity index (χ2n) is 6.02. The van der Waals surface area contributed by atoms with Crippen molar-refractivity contribution in [3.63, 3.8) is 0 Å². The molecule has 1 fully saturated rings. The van der Waals surface area contributed by atoms with Crippen LogP contribution in [0.15, 0.2) is 30.3 Å². The summed E-state index contributed by atoms with van der Waals surface area (Å²) in [5.41, 5.74) is 1.20. The Morgan fingerprint density at radius 3 is 2.75 bits per heavy atom. The molecule has 0 radical (unpaired) electrons. The number of piperidine rings is 1. The third-order valence-corrected chi connectivity index (χ3v) is 4.37.